The van der Waals surface area contributed by atoms with Gasteiger partial charge in [0, 0.05) is 25.7 Å². The van der Waals surface area contributed by atoms with E-state index in [1.165, 1.54) is 38.2 Å². The van der Waals surface area contributed by atoms with Gasteiger partial charge in [-0.15, -0.1) is 0 Å². The van der Waals surface area contributed by atoms with Crippen LogP contribution < -0.4 is 4.72 Å². The molecule has 1 aromatic heterocycles. The van der Waals surface area contributed by atoms with Gasteiger partial charge in [0.05, 0.1) is 16.3 Å². The van der Waals surface area contributed by atoms with E-state index < -0.39 is 15.8 Å². The number of halogens is 1. The van der Waals surface area contributed by atoms with Gasteiger partial charge >= 0.3 is 0 Å². The first kappa shape index (κ1) is 25.0. The zero-order valence-electron chi connectivity index (χ0n) is 20.8. The molecule has 8 heteroatoms. The molecule has 0 atom stereocenters. The van der Waals surface area contributed by atoms with Gasteiger partial charge in [-0.05, 0) is 73.1 Å². The first-order valence-electron chi connectivity index (χ1n) is 12.9. The Morgan fingerprint density at radius 3 is 2.69 bits per heavy atom. The minimum absolute atomic E-state index is 0.0126. The molecule has 1 fully saturated rings. The summed E-state index contributed by atoms with van der Waals surface area (Å²) in [4.78, 5) is 2.42. The Bertz CT molecular complexity index is 1320. The predicted molar refractivity (Wildman–Crippen MR) is 138 cm³/mol. The Labute approximate surface area is 212 Å². The van der Waals surface area contributed by atoms with Crippen LogP contribution in [0.3, 0.4) is 0 Å². The van der Waals surface area contributed by atoms with Crippen LogP contribution in [-0.2, 0) is 36.0 Å². The van der Waals surface area contributed by atoms with Gasteiger partial charge in [0.15, 0.2) is 0 Å². The van der Waals surface area contributed by atoms with Crippen LogP contribution in [0.1, 0.15) is 66.7 Å². The Balaban J connectivity index is 1.20. The monoisotopic (exact) mass is 511 g/mol. The number of nitrogens with zero attached hydrogens (tertiary/aromatic N) is 2. The van der Waals surface area contributed by atoms with E-state index in [1.54, 1.807) is 18.2 Å². The molecule has 3 aromatic rings. The van der Waals surface area contributed by atoms with Gasteiger partial charge < -0.3 is 4.52 Å². The summed E-state index contributed by atoms with van der Waals surface area (Å²) in [7, 11) is -3.90. The van der Waals surface area contributed by atoms with Crippen molar-refractivity contribution in [3.8, 4) is 0 Å². The lowest BCUT2D eigenvalue weighted by Gasteiger charge is -2.28. The normalized spacial score (nSPS) is 16.8. The Kier molecular flexibility index (Phi) is 7.44. The molecule has 6 nitrogen and oxygen atoms in total. The second-order valence-corrected chi connectivity index (χ2v) is 12.0. The van der Waals surface area contributed by atoms with Gasteiger partial charge in [-0.25, -0.2) is 12.8 Å². The van der Waals surface area contributed by atoms with Crippen LogP contribution in [0, 0.1) is 18.7 Å². The molecule has 2 aromatic carbocycles. The number of sulfonamides is 1. The number of aryl methyl sites for hydroxylation is 2. The summed E-state index contributed by atoms with van der Waals surface area (Å²) >= 11 is 0. The summed E-state index contributed by atoms with van der Waals surface area (Å²) in [6, 6.07) is 11.9. The van der Waals surface area contributed by atoms with Gasteiger partial charge in [0.1, 0.15) is 11.6 Å². The van der Waals surface area contributed by atoms with E-state index in [9.17, 15) is 12.8 Å². The molecule has 0 unspecified atom stereocenters. The van der Waals surface area contributed by atoms with Crippen molar-refractivity contribution < 1.29 is 17.3 Å². The second-order valence-electron chi connectivity index (χ2n) is 10.3. The van der Waals surface area contributed by atoms with E-state index in [1.807, 2.05) is 25.1 Å². The Morgan fingerprint density at radius 1 is 1.11 bits per heavy atom. The number of fused-ring (bicyclic) bond motifs is 1. The molecule has 0 bridgehead atoms. The molecule has 1 saturated carbocycles. The Morgan fingerprint density at radius 2 is 1.94 bits per heavy atom. The molecule has 0 radical (unpaired) electrons. The van der Waals surface area contributed by atoms with Gasteiger partial charge in [0.25, 0.3) is 10.0 Å². The summed E-state index contributed by atoms with van der Waals surface area (Å²) < 4.78 is 48.5. The van der Waals surface area contributed by atoms with Gasteiger partial charge in [0.2, 0.25) is 0 Å². The average Bonchev–Trinajstić information content (AvgIpc) is 3.52. The molecule has 5 rings (SSSR count). The van der Waals surface area contributed by atoms with E-state index in [2.05, 4.69) is 14.8 Å². The summed E-state index contributed by atoms with van der Waals surface area (Å²) in [6.07, 6.45) is 9.09. The van der Waals surface area contributed by atoms with Crippen LogP contribution in [0.4, 0.5) is 10.1 Å². The number of hydrogen-bond donors (Lipinski definition) is 1. The number of aromatic nitrogens is 1. The van der Waals surface area contributed by atoms with E-state index in [0.29, 0.717) is 13.1 Å². The van der Waals surface area contributed by atoms with Gasteiger partial charge in [-0.2, -0.15) is 0 Å². The van der Waals surface area contributed by atoms with E-state index in [0.717, 1.165) is 59.9 Å². The summed E-state index contributed by atoms with van der Waals surface area (Å²) in [5.41, 5.74) is 3.88. The topological polar surface area (TPSA) is 75.4 Å². The lowest BCUT2D eigenvalue weighted by atomic mass is 9.98. The molecule has 192 valence electrons. The lowest BCUT2D eigenvalue weighted by molar-refractivity contribution is 0.237. The van der Waals surface area contributed by atoms with Crippen LogP contribution in [0.2, 0.25) is 0 Å². The highest BCUT2D eigenvalue weighted by Crippen LogP contribution is 2.30. The molecule has 2 heterocycles. The molecular weight excluding hydrogens is 477 g/mol. The first-order chi connectivity index (χ1) is 17.4. The van der Waals surface area contributed by atoms with E-state index >= 15 is 0 Å². The Hall–Kier alpha value is -2.71. The average molecular weight is 512 g/mol. The number of nitrogens with one attached hydrogen (secondary N) is 1. The van der Waals surface area contributed by atoms with Crippen LogP contribution in [0.15, 0.2) is 51.9 Å². The third kappa shape index (κ3) is 5.98. The van der Waals surface area contributed by atoms with Crippen molar-refractivity contribution in [3.63, 3.8) is 0 Å². The molecule has 1 aliphatic carbocycles. The number of rotatable bonds is 9. The van der Waals surface area contributed by atoms with Crippen molar-refractivity contribution in [3.05, 3.63) is 76.4 Å². The number of anilines is 1. The maximum Gasteiger partial charge on any atom is 0.261 e. The number of hydrogen-bond acceptors (Lipinski definition) is 5. The van der Waals surface area contributed by atoms with Crippen LogP contribution in [0.5, 0.6) is 0 Å². The standard InChI is InChI=1S/C28H34FN3O3S/c1-20-15-25(30-35-20)19-32-14-13-23-17-26(11-10-24(23)18-32)36(33,34)31-28-12-9-22(16-27(28)29)8-4-7-21-5-2-3-6-21/h9-12,15-17,21,31H,2-8,13-14,18-19H2,1H3. The second kappa shape index (κ2) is 10.7. The maximum atomic E-state index is 14.8. The molecule has 1 aliphatic heterocycles. The summed E-state index contributed by atoms with van der Waals surface area (Å²) in [6.45, 7) is 4.07. The zero-order valence-corrected chi connectivity index (χ0v) is 21.6. The quantitative estimate of drug-likeness (QED) is 0.382. The fraction of sp³-hybridized carbons (Fsp3) is 0.464. The van der Waals surface area contributed by atoms with Crippen molar-refractivity contribution in [2.75, 3.05) is 11.3 Å². The van der Waals surface area contributed by atoms with Gasteiger partial charge in [-0.1, -0.05) is 49.4 Å². The molecule has 36 heavy (non-hydrogen) atoms. The molecule has 0 saturated heterocycles. The van der Waals surface area contributed by atoms with Crippen molar-refractivity contribution in [1.82, 2.24) is 10.1 Å². The zero-order chi connectivity index (χ0) is 25.1. The fourth-order valence-corrected chi connectivity index (χ4v) is 6.62. The molecular formula is C28H34FN3O3S. The SMILES string of the molecule is Cc1cc(CN2CCc3cc(S(=O)(=O)Nc4ccc(CCCC5CCCC5)cc4F)ccc3C2)no1. The predicted octanol–water partition coefficient (Wildman–Crippen LogP) is 5.99. The third-order valence-corrected chi connectivity index (χ3v) is 8.84. The highest BCUT2D eigenvalue weighted by atomic mass is 32.2. The minimum Gasteiger partial charge on any atom is -0.361 e. The molecule has 0 spiro atoms. The van der Waals surface area contributed by atoms with Crippen molar-refractivity contribution >= 4 is 15.7 Å². The molecule has 2 aliphatic rings. The van der Waals surface area contributed by atoms with Crippen LogP contribution >= 0.6 is 0 Å². The fourth-order valence-electron chi connectivity index (χ4n) is 5.51. The molecule has 1 N–H and O–H groups in total. The van der Waals surface area contributed by atoms with Gasteiger partial charge in [-0.3, -0.25) is 9.62 Å². The smallest absolute Gasteiger partial charge is 0.261 e. The third-order valence-electron chi connectivity index (χ3n) is 7.47. The van der Waals surface area contributed by atoms with Crippen LogP contribution in [-0.4, -0.2) is 25.0 Å². The molecule has 0 amide bonds. The highest BCUT2D eigenvalue weighted by molar-refractivity contribution is 7.92. The van der Waals surface area contributed by atoms with Crippen molar-refractivity contribution in [2.24, 2.45) is 5.92 Å². The van der Waals surface area contributed by atoms with Crippen molar-refractivity contribution in [1.29, 1.82) is 0 Å². The van der Waals surface area contributed by atoms with E-state index in [4.69, 9.17) is 4.52 Å². The summed E-state index contributed by atoms with van der Waals surface area (Å²) in [5, 5.41) is 4.06. The van der Waals surface area contributed by atoms with E-state index in [-0.39, 0.29) is 10.6 Å². The maximum absolute atomic E-state index is 14.8. The van der Waals surface area contributed by atoms with Crippen molar-refractivity contribution in [2.45, 2.75) is 76.3 Å². The highest BCUT2D eigenvalue weighted by Gasteiger charge is 2.22. The lowest BCUT2D eigenvalue weighted by Crippen LogP contribution is -2.30. The largest absolute Gasteiger partial charge is 0.361 e. The summed E-state index contributed by atoms with van der Waals surface area (Å²) in [5.74, 6) is 1.07. The first-order valence-corrected chi connectivity index (χ1v) is 14.4. The number of benzene rings is 2. The van der Waals surface area contributed by atoms with Crippen LogP contribution in [0.25, 0.3) is 0 Å². The minimum atomic E-state index is -3.90.